The molecule has 8 nitrogen and oxygen atoms in total. The van der Waals surface area contributed by atoms with Gasteiger partial charge in [-0.1, -0.05) is 60.7 Å². The van der Waals surface area contributed by atoms with Crippen molar-refractivity contribution >= 4 is 28.9 Å². The molecule has 28 heavy (non-hydrogen) atoms. The number of aliphatic imine (C=N–C) groups is 1. The van der Waals surface area contributed by atoms with Gasteiger partial charge >= 0.3 is 0 Å². The van der Waals surface area contributed by atoms with Crippen molar-refractivity contribution < 1.29 is 9.59 Å². The fourth-order valence-corrected chi connectivity index (χ4v) is 2.95. The average molecular weight is 374 g/mol. The third kappa shape index (κ3) is 3.58. The van der Waals surface area contributed by atoms with E-state index in [0.29, 0.717) is 22.6 Å². The number of carbonyl (C=O) groups is 2. The number of guanidine groups is 1. The van der Waals surface area contributed by atoms with Gasteiger partial charge in [0, 0.05) is 11.1 Å². The Morgan fingerprint density at radius 1 is 0.893 bits per heavy atom. The Hall–Kier alpha value is -3.65. The molecule has 2 aliphatic heterocycles. The lowest BCUT2D eigenvalue weighted by Crippen LogP contribution is -2.46. The summed E-state index contributed by atoms with van der Waals surface area (Å²) >= 11 is 0. The van der Waals surface area contributed by atoms with Crippen molar-refractivity contribution in [1.82, 2.24) is 10.4 Å². The maximum Gasteiger partial charge on any atom is 0.266 e. The highest BCUT2D eigenvalue weighted by Gasteiger charge is 2.32. The number of carbonyl (C=O) groups excluding carboxylic acids is 2. The zero-order valence-electron chi connectivity index (χ0n) is 14.9. The number of nitrogens with two attached hydrogens (primary N) is 1. The number of hydrogen-bond donors (Lipinski definition) is 2. The third-order valence-corrected chi connectivity index (χ3v) is 4.41. The van der Waals surface area contributed by atoms with E-state index in [4.69, 9.17) is 5.73 Å². The predicted molar refractivity (Wildman–Crippen MR) is 106 cm³/mol. The largest absolute Gasteiger partial charge is 0.294 e. The maximum atomic E-state index is 12.7. The molecule has 4 rings (SSSR count). The molecular formula is C20H18N6O2. The van der Waals surface area contributed by atoms with E-state index >= 15 is 0 Å². The summed E-state index contributed by atoms with van der Waals surface area (Å²) in [5.41, 5.74) is 10.6. The molecule has 0 saturated heterocycles. The molecule has 2 heterocycles. The van der Waals surface area contributed by atoms with Gasteiger partial charge in [-0.05, 0) is 0 Å². The normalized spacial score (nSPS) is 17.8. The second-order valence-electron chi connectivity index (χ2n) is 6.37. The summed E-state index contributed by atoms with van der Waals surface area (Å²) in [5.74, 6) is 0.0584. The number of hydrazone groups is 2. The monoisotopic (exact) mass is 374 g/mol. The van der Waals surface area contributed by atoms with Crippen molar-refractivity contribution in [1.29, 1.82) is 0 Å². The van der Waals surface area contributed by atoms with Crippen LogP contribution in [0.3, 0.4) is 0 Å². The van der Waals surface area contributed by atoms with Crippen LogP contribution >= 0.6 is 0 Å². The van der Waals surface area contributed by atoms with Gasteiger partial charge in [-0.15, -0.1) is 5.10 Å². The summed E-state index contributed by atoms with van der Waals surface area (Å²) in [5, 5.41) is 9.87. The van der Waals surface area contributed by atoms with Gasteiger partial charge in [0.15, 0.2) is 17.9 Å². The van der Waals surface area contributed by atoms with Crippen LogP contribution in [0.4, 0.5) is 0 Å². The zero-order chi connectivity index (χ0) is 19.5. The molecule has 0 spiro atoms. The molecule has 0 amide bonds. The number of Topliss-reactive ketones (excluding diaryl/α,β-unsaturated/α-hetero) is 2. The van der Waals surface area contributed by atoms with Gasteiger partial charge in [-0.2, -0.15) is 10.1 Å². The number of benzene rings is 2. The number of rotatable bonds is 6. The van der Waals surface area contributed by atoms with Crippen LogP contribution in [0.1, 0.15) is 33.6 Å². The highest BCUT2D eigenvalue weighted by atomic mass is 16.1. The van der Waals surface area contributed by atoms with E-state index in [1.165, 1.54) is 5.01 Å². The lowest BCUT2D eigenvalue weighted by atomic mass is 9.98. The Morgan fingerprint density at radius 2 is 1.43 bits per heavy atom. The highest BCUT2D eigenvalue weighted by molar-refractivity contribution is 6.50. The fraction of sp³-hybridized carbons (Fsp3) is 0.150. The van der Waals surface area contributed by atoms with E-state index in [1.54, 1.807) is 48.5 Å². The van der Waals surface area contributed by atoms with Crippen molar-refractivity contribution in [3.05, 3.63) is 71.8 Å². The molecule has 0 aliphatic carbocycles. The molecule has 0 saturated carbocycles. The first kappa shape index (κ1) is 17.7. The van der Waals surface area contributed by atoms with Gasteiger partial charge in [0.05, 0.1) is 24.3 Å². The van der Waals surface area contributed by atoms with Gasteiger partial charge in [-0.25, -0.2) is 4.99 Å². The molecule has 3 N–H and O–H groups in total. The van der Waals surface area contributed by atoms with Gasteiger partial charge in [0.2, 0.25) is 0 Å². The molecule has 2 aliphatic rings. The Kier molecular flexibility index (Phi) is 4.77. The molecule has 0 radical (unpaired) electrons. The lowest BCUT2D eigenvalue weighted by Gasteiger charge is -2.23. The molecule has 1 unspecified atom stereocenters. The van der Waals surface area contributed by atoms with Gasteiger partial charge < -0.3 is 0 Å². The topological polar surface area (TPSA) is 113 Å². The minimum Gasteiger partial charge on any atom is -0.294 e. The Balaban J connectivity index is 1.60. The summed E-state index contributed by atoms with van der Waals surface area (Å²) < 4.78 is 0. The van der Waals surface area contributed by atoms with Crippen molar-refractivity contribution in [2.24, 2.45) is 20.9 Å². The van der Waals surface area contributed by atoms with E-state index in [1.807, 2.05) is 12.1 Å². The summed E-state index contributed by atoms with van der Waals surface area (Å²) in [7, 11) is 0. The Morgan fingerprint density at radius 3 is 2.00 bits per heavy atom. The number of nitrogens with zero attached hydrogens (tertiary/aromatic N) is 4. The van der Waals surface area contributed by atoms with E-state index in [-0.39, 0.29) is 30.4 Å². The van der Waals surface area contributed by atoms with Crippen LogP contribution in [-0.2, 0) is 0 Å². The quantitative estimate of drug-likeness (QED) is 0.748. The lowest BCUT2D eigenvalue weighted by molar-refractivity contribution is 0.0989. The first-order valence-corrected chi connectivity index (χ1v) is 8.82. The number of fused-ring (bicyclic) bond motifs is 1. The fourth-order valence-electron chi connectivity index (χ4n) is 2.95. The Bertz CT molecular complexity index is 998. The van der Waals surface area contributed by atoms with Crippen LogP contribution in [0.2, 0.25) is 0 Å². The van der Waals surface area contributed by atoms with Gasteiger partial charge in [0.25, 0.3) is 5.96 Å². The van der Waals surface area contributed by atoms with Crippen LogP contribution in [0.25, 0.3) is 0 Å². The highest BCUT2D eigenvalue weighted by Crippen LogP contribution is 2.17. The summed E-state index contributed by atoms with van der Waals surface area (Å²) in [4.78, 5) is 29.8. The molecule has 2 aromatic rings. The second-order valence-corrected chi connectivity index (χ2v) is 6.37. The van der Waals surface area contributed by atoms with Gasteiger partial charge in [0.1, 0.15) is 0 Å². The molecule has 0 aromatic heterocycles. The number of nitrogens with one attached hydrogen (secondary N) is 1. The first-order chi connectivity index (χ1) is 13.6. The van der Waals surface area contributed by atoms with E-state index in [9.17, 15) is 9.59 Å². The molecule has 1 atom stereocenters. The minimum atomic E-state index is -0.660. The maximum absolute atomic E-state index is 12.7. The van der Waals surface area contributed by atoms with Gasteiger partial charge in [-0.3, -0.25) is 20.7 Å². The van der Waals surface area contributed by atoms with Crippen molar-refractivity contribution in [2.75, 3.05) is 0 Å². The molecule has 0 fully saturated rings. The Labute approximate surface area is 161 Å². The van der Waals surface area contributed by atoms with Crippen molar-refractivity contribution in [3.8, 4) is 0 Å². The molecule has 8 heteroatoms. The van der Waals surface area contributed by atoms with Crippen LogP contribution in [0.5, 0.6) is 0 Å². The third-order valence-electron chi connectivity index (χ3n) is 4.41. The summed E-state index contributed by atoms with van der Waals surface area (Å²) in [6.07, 6.45) is -0.624. The summed E-state index contributed by atoms with van der Waals surface area (Å²) in [6.45, 7) is 0. The average Bonchev–Trinajstić information content (AvgIpc) is 3.09. The molecular weight excluding hydrogens is 356 g/mol. The van der Waals surface area contributed by atoms with Crippen LogP contribution in [0, 0.1) is 0 Å². The smallest absolute Gasteiger partial charge is 0.266 e. The second kappa shape index (κ2) is 7.53. The molecule has 2 aromatic carbocycles. The van der Waals surface area contributed by atoms with Crippen LogP contribution < -0.4 is 11.2 Å². The first-order valence-electron chi connectivity index (χ1n) is 8.82. The molecule has 0 bridgehead atoms. The predicted octanol–water partition coefficient (Wildman–Crippen LogP) is 1.76. The van der Waals surface area contributed by atoms with Crippen molar-refractivity contribution in [2.45, 2.75) is 19.1 Å². The number of hydrogen-bond acceptors (Lipinski definition) is 8. The number of ketones is 2. The summed E-state index contributed by atoms with van der Waals surface area (Å²) in [6, 6.07) is 17.9. The van der Waals surface area contributed by atoms with E-state index < -0.39 is 6.29 Å². The SMILES string of the molecule is NC1NN=C2N=C(CC(=O)c3ccccc3)C(CC(=O)c3ccccc3)=NN21. The van der Waals surface area contributed by atoms with Crippen molar-refractivity contribution in [3.63, 3.8) is 0 Å². The van der Waals surface area contributed by atoms with Crippen LogP contribution in [-0.4, -0.2) is 40.2 Å². The van der Waals surface area contributed by atoms with Crippen LogP contribution in [0.15, 0.2) is 75.9 Å². The van der Waals surface area contributed by atoms with E-state index in [2.05, 4.69) is 20.6 Å². The minimum absolute atomic E-state index is 0.0153. The zero-order valence-corrected chi connectivity index (χ0v) is 14.9. The standard InChI is InChI=1S/C20H18N6O2/c21-19-23-24-20-22-15(11-17(27)13-7-3-1-4-8-13)16(25-26(19)20)12-18(28)14-9-5-2-6-10-14/h1-10,19,23H,11-12,21H2. The molecule has 140 valence electrons. The van der Waals surface area contributed by atoms with E-state index in [0.717, 1.165) is 0 Å².